The van der Waals surface area contributed by atoms with Crippen LogP contribution < -0.4 is 11.3 Å². The molecule has 5 rings (SSSR count). The van der Waals surface area contributed by atoms with Gasteiger partial charge in [0.1, 0.15) is 0 Å². The van der Waals surface area contributed by atoms with Crippen molar-refractivity contribution in [3.63, 3.8) is 0 Å². The lowest BCUT2D eigenvalue weighted by Gasteiger charge is -2.14. The first-order valence-electron chi connectivity index (χ1n) is 9.89. The summed E-state index contributed by atoms with van der Waals surface area (Å²) in [5, 5.41) is 24.3. The van der Waals surface area contributed by atoms with Crippen molar-refractivity contribution in [2.45, 2.75) is 6.54 Å². The predicted molar refractivity (Wildman–Crippen MR) is 125 cm³/mol. The van der Waals surface area contributed by atoms with Crippen LogP contribution in [0.15, 0.2) is 59.5 Å². The van der Waals surface area contributed by atoms with Crippen LogP contribution >= 0.6 is 11.6 Å². The molecule has 0 atom stereocenters. The van der Waals surface area contributed by atoms with E-state index in [0.717, 1.165) is 21.9 Å². The van der Waals surface area contributed by atoms with Gasteiger partial charge in [-0.25, -0.2) is 5.10 Å². The van der Waals surface area contributed by atoms with E-state index in [2.05, 4.69) is 21.4 Å². The molecule has 2 heterocycles. The fourth-order valence-corrected chi connectivity index (χ4v) is 4.47. The Morgan fingerprint density at radius 3 is 2.75 bits per heavy atom. The van der Waals surface area contributed by atoms with Crippen molar-refractivity contribution in [1.29, 1.82) is 5.26 Å². The van der Waals surface area contributed by atoms with Gasteiger partial charge < -0.3 is 5.73 Å². The molecular weight excluding hydrogens is 424 g/mol. The Labute approximate surface area is 187 Å². The number of halogens is 1. The molecule has 0 aliphatic carbocycles. The van der Waals surface area contributed by atoms with E-state index in [0.29, 0.717) is 38.3 Å². The van der Waals surface area contributed by atoms with E-state index in [9.17, 15) is 10.1 Å². The SMILES string of the molecule is Cn1ncc(-c2ccc3c(=O)[nH]nc(CN)c3c2)c1-c1c(C#N)cc2ccccc2c1Cl. The third kappa shape index (κ3) is 2.97. The standard InChI is InChI=1S/C24H17ClN6O/c1-31-23(21-15(10-26)8-13-4-2-3-5-16(13)22(21)25)19(12-28-31)14-6-7-17-18(9-14)20(11-27)29-30-24(17)32/h2-9,12H,11,27H2,1H3,(H,30,32). The lowest BCUT2D eigenvalue weighted by molar-refractivity contribution is 0.776. The van der Waals surface area contributed by atoms with Crippen molar-refractivity contribution >= 4 is 33.1 Å². The van der Waals surface area contributed by atoms with Gasteiger partial charge in [0.05, 0.1) is 39.6 Å². The number of hydrogen-bond donors (Lipinski definition) is 2. The Morgan fingerprint density at radius 1 is 1.16 bits per heavy atom. The Bertz CT molecular complexity index is 1630. The number of hydrogen-bond acceptors (Lipinski definition) is 5. The average Bonchev–Trinajstić information content (AvgIpc) is 3.20. The Kier molecular flexibility index (Phi) is 4.74. The second-order valence-corrected chi connectivity index (χ2v) is 7.82. The van der Waals surface area contributed by atoms with Crippen LogP contribution in [-0.2, 0) is 13.6 Å². The lowest BCUT2D eigenvalue weighted by atomic mass is 9.94. The Balaban J connectivity index is 1.82. The van der Waals surface area contributed by atoms with Gasteiger partial charge in [-0.05, 0) is 29.1 Å². The molecule has 0 aliphatic heterocycles. The van der Waals surface area contributed by atoms with Gasteiger partial charge in [0.2, 0.25) is 0 Å². The van der Waals surface area contributed by atoms with Crippen molar-refractivity contribution < 1.29 is 0 Å². The number of aryl methyl sites for hydroxylation is 1. The normalized spacial score (nSPS) is 11.2. The number of nitriles is 1. The van der Waals surface area contributed by atoms with Crippen LogP contribution in [0.2, 0.25) is 5.02 Å². The van der Waals surface area contributed by atoms with Crippen molar-refractivity contribution in [2.75, 3.05) is 0 Å². The van der Waals surface area contributed by atoms with Crippen LogP contribution in [0.3, 0.4) is 0 Å². The Hall–Kier alpha value is -3.99. The molecular formula is C24H17ClN6O. The molecule has 3 aromatic carbocycles. The maximum absolute atomic E-state index is 12.2. The predicted octanol–water partition coefficient (Wildman–Crippen LogP) is 4.13. The minimum absolute atomic E-state index is 0.186. The summed E-state index contributed by atoms with van der Waals surface area (Å²) in [5.41, 5.74) is 9.53. The van der Waals surface area contributed by atoms with Gasteiger partial charge in [-0.3, -0.25) is 9.48 Å². The maximum Gasteiger partial charge on any atom is 0.272 e. The number of H-pyrrole nitrogens is 1. The number of rotatable bonds is 3. The molecule has 0 radical (unpaired) electrons. The van der Waals surface area contributed by atoms with E-state index in [1.807, 2.05) is 49.5 Å². The zero-order valence-corrected chi connectivity index (χ0v) is 17.8. The molecule has 0 amide bonds. The zero-order valence-electron chi connectivity index (χ0n) is 17.1. The topological polar surface area (TPSA) is 113 Å². The van der Waals surface area contributed by atoms with Crippen LogP contribution in [-0.4, -0.2) is 20.0 Å². The fourth-order valence-electron chi connectivity index (χ4n) is 4.11. The molecule has 0 spiro atoms. The smallest absolute Gasteiger partial charge is 0.272 e. The highest BCUT2D eigenvalue weighted by atomic mass is 35.5. The van der Waals surface area contributed by atoms with Crippen molar-refractivity contribution in [3.05, 3.63) is 81.4 Å². The number of benzene rings is 3. The van der Waals surface area contributed by atoms with Crippen molar-refractivity contribution in [3.8, 4) is 28.5 Å². The van der Waals surface area contributed by atoms with Gasteiger partial charge in [-0.15, -0.1) is 0 Å². The number of aromatic nitrogens is 4. The van der Waals surface area contributed by atoms with Crippen LogP contribution in [0.1, 0.15) is 11.3 Å². The number of nitrogens with two attached hydrogens (primary N) is 1. The lowest BCUT2D eigenvalue weighted by Crippen LogP contribution is -2.13. The summed E-state index contributed by atoms with van der Waals surface area (Å²) in [7, 11) is 1.81. The number of nitrogens with one attached hydrogen (secondary N) is 1. The third-order valence-corrected chi connectivity index (χ3v) is 6.05. The first-order chi connectivity index (χ1) is 15.5. The molecule has 0 aliphatic rings. The molecule has 5 aromatic rings. The van der Waals surface area contributed by atoms with Crippen LogP contribution in [0, 0.1) is 11.3 Å². The highest BCUT2D eigenvalue weighted by Crippen LogP contribution is 2.41. The van der Waals surface area contributed by atoms with Gasteiger partial charge >= 0.3 is 0 Å². The molecule has 3 N–H and O–H groups in total. The van der Waals surface area contributed by atoms with Crippen molar-refractivity contribution in [1.82, 2.24) is 20.0 Å². The van der Waals surface area contributed by atoms with E-state index in [-0.39, 0.29) is 12.1 Å². The van der Waals surface area contributed by atoms with E-state index >= 15 is 0 Å². The molecule has 2 aromatic heterocycles. The molecule has 0 unspecified atom stereocenters. The highest BCUT2D eigenvalue weighted by molar-refractivity contribution is 6.38. The van der Waals surface area contributed by atoms with E-state index in [1.54, 1.807) is 16.9 Å². The van der Waals surface area contributed by atoms with Crippen LogP contribution in [0.4, 0.5) is 0 Å². The minimum Gasteiger partial charge on any atom is -0.325 e. The molecule has 7 nitrogen and oxygen atoms in total. The monoisotopic (exact) mass is 440 g/mol. The van der Waals surface area contributed by atoms with E-state index in [4.69, 9.17) is 17.3 Å². The minimum atomic E-state index is -0.278. The molecule has 0 bridgehead atoms. The second-order valence-electron chi connectivity index (χ2n) is 7.44. The summed E-state index contributed by atoms with van der Waals surface area (Å²) in [4.78, 5) is 12.2. The van der Waals surface area contributed by atoms with Gasteiger partial charge in [0.15, 0.2) is 0 Å². The first-order valence-corrected chi connectivity index (χ1v) is 10.3. The molecule has 32 heavy (non-hydrogen) atoms. The molecule has 0 saturated heterocycles. The third-order valence-electron chi connectivity index (χ3n) is 5.65. The molecule has 0 fully saturated rings. The second kappa shape index (κ2) is 7.61. The van der Waals surface area contributed by atoms with Gasteiger partial charge in [0.25, 0.3) is 5.56 Å². The van der Waals surface area contributed by atoms with Gasteiger partial charge in [-0.2, -0.15) is 15.5 Å². The number of aromatic amines is 1. The van der Waals surface area contributed by atoms with Crippen LogP contribution in [0.5, 0.6) is 0 Å². The summed E-state index contributed by atoms with van der Waals surface area (Å²) in [6.07, 6.45) is 1.73. The average molecular weight is 441 g/mol. The maximum atomic E-state index is 12.2. The number of fused-ring (bicyclic) bond motifs is 2. The quantitative estimate of drug-likeness (QED) is 0.438. The summed E-state index contributed by atoms with van der Waals surface area (Å²) in [5.74, 6) is 0. The molecule has 156 valence electrons. The summed E-state index contributed by atoms with van der Waals surface area (Å²) in [6, 6.07) is 17.3. The van der Waals surface area contributed by atoms with Gasteiger partial charge in [0, 0.05) is 35.5 Å². The summed E-state index contributed by atoms with van der Waals surface area (Å²) < 4.78 is 1.70. The number of nitrogens with zero attached hydrogens (tertiary/aromatic N) is 4. The van der Waals surface area contributed by atoms with E-state index in [1.165, 1.54) is 0 Å². The molecule has 8 heteroatoms. The zero-order chi connectivity index (χ0) is 22.4. The molecule has 0 saturated carbocycles. The highest BCUT2D eigenvalue weighted by Gasteiger charge is 2.21. The largest absolute Gasteiger partial charge is 0.325 e. The Morgan fingerprint density at radius 2 is 1.97 bits per heavy atom. The fraction of sp³-hybridized carbons (Fsp3) is 0.0833. The summed E-state index contributed by atoms with van der Waals surface area (Å²) in [6.45, 7) is 0.186. The summed E-state index contributed by atoms with van der Waals surface area (Å²) >= 11 is 6.85. The van der Waals surface area contributed by atoms with Crippen LogP contribution in [0.25, 0.3) is 43.9 Å². The van der Waals surface area contributed by atoms with E-state index < -0.39 is 0 Å². The first kappa shape index (κ1) is 19.9. The van der Waals surface area contributed by atoms with Gasteiger partial charge in [-0.1, -0.05) is 41.9 Å². The van der Waals surface area contributed by atoms with Crippen molar-refractivity contribution in [2.24, 2.45) is 12.8 Å².